The number of carbonyl (C=O) groups excluding carboxylic acids is 2. The summed E-state index contributed by atoms with van der Waals surface area (Å²) < 4.78 is 5.51. The van der Waals surface area contributed by atoms with Crippen LogP contribution in [-0.2, 0) is 15.1 Å². The Balaban J connectivity index is 1.82. The van der Waals surface area contributed by atoms with Crippen LogP contribution in [0, 0.1) is 0 Å². The third kappa shape index (κ3) is 2.08. The third-order valence-corrected chi connectivity index (χ3v) is 4.04. The molecule has 1 N–H and O–H groups in total. The first-order valence-electron chi connectivity index (χ1n) is 6.92. The normalized spacial score (nSPS) is 29.9. The van der Waals surface area contributed by atoms with E-state index in [4.69, 9.17) is 4.74 Å². The second-order valence-electron chi connectivity index (χ2n) is 5.47. The van der Waals surface area contributed by atoms with Crippen LogP contribution in [0.2, 0.25) is 0 Å². The number of ether oxygens (including phenoxy) is 1. The molecule has 2 heterocycles. The Morgan fingerprint density at radius 3 is 2.75 bits per heavy atom. The second-order valence-corrected chi connectivity index (χ2v) is 5.47. The van der Waals surface area contributed by atoms with Gasteiger partial charge in [0.05, 0.1) is 12.6 Å². The number of urea groups is 1. The van der Waals surface area contributed by atoms with Crippen molar-refractivity contribution in [2.75, 3.05) is 13.2 Å². The van der Waals surface area contributed by atoms with Crippen LogP contribution in [0.3, 0.4) is 0 Å². The van der Waals surface area contributed by atoms with Gasteiger partial charge in [-0.05, 0) is 25.3 Å². The molecule has 2 saturated heterocycles. The molecule has 5 nitrogen and oxygen atoms in total. The number of nitrogens with one attached hydrogen (secondary N) is 1. The predicted molar refractivity (Wildman–Crippen MR) is 73.0 cm³/mol. The van der Waals surface area contributed by atoms with Gasteiger partial charge in [-0.3, -0.25) is 9.69 Å². The van der Waals surface area contributed by atoms with Crippen molar-refractivity contribution in [1.29, 1.82) is 0 Å². The van der Waals surface area contributed by atoms with Gasteiger partial charge in [0, 0.05) is 6.61 Å². The van der Waals surface area contributed by atoms with Gasteiger partial charge in [0.25, 0.3) is 5.91 Å². The summed E-state index contributed by atoms with van der Waals surface area (Å²) in [6.45, 7) is 2.80. The highest BCUT2D eigenvalue weighted by atomic mass is 16.5. The van der Waals surface area contributed by atoms with E-state index in [1.165, 1.54) is 4.90 Å². The van der Waals surface area contributed by atoms with Crippen molar-refractivity contribution in [2.45, 2.75) is 31.4 Å². The van der Waals surface area contributed by atoms with E-state index in [9.17, 15) is 9.59 Å². The van der Waals surface area contributed by atoms with E-state index in [0.717, 1.165) is 18.4 Å². The van der Waals surface area contributed by atoms with Gasteiger partial charge in [0.15, 0.2) is 0 Å². The molecule has 0 bridgehead atoms. The maximum atomic E-state index is 12.6. The number of nitrogens with zero attached hydrogens (tertiary/aromatic N) is 1. The van der Waals surface area contributed by atoms with Gasteiger partial charge in [0.2, 0.25) is 0 Å². The minimum absolute atomic E-state index is 0.0252. The lowest BCUT2D eigenvalue weighted by atomic mass is 9.92. The maximum Gasteiger partial charge on any atom is 0.325 e. The Morgan fingerprint density at radius 1 is 1.35 bits per heavy atom. The average molecular weight is 274 g/mol. The predicted octanol–water partition coefficient (Wildman–Crippen LogP) is 1.63. The highest BCUT2D eigenvalue weighted by Gasteiger charge is 2.49. The Labute approximate surface area is 117 Å². The highest BCUT2D eigenvalue weighted by Crippen LogP contribution is 2.29. The van der Waals surface area contributed by atoms with E-state index < -0.39 is 5.54 Å². The zero-order valence-corrected chi connectivity index (χ0v) is 11.5. The lowest BCUT2D eigenvalue weighted by molar-refractivity contribution is -0.132. The molecule has 106 valence electrons. The molecule has 0 spiro atoms. The SMILES string of the molecule is C[C@@]1(c2ccccc2)NC(=O)N(C[C@@H]2CCCO2)C1=O. The van der Waals surface area contributed by atoms with Gasteiger partial charge >= 0.3 is 6.03 Å². The number of imide groups is 1. The van der Waals surface area contributed by atoms with Gasteiger partial charge in [0.1, 0.15) is 5.54 Å². The van der Waals surface area contributed by atoms with Gasteiger partial charge in [-0.1, -0.05) is 30.3 Å². The van der Waals surface area contributed by atoms with Crippen LogP contribution >= 0.6 is 0 Å². The molecular formula is C15H18N2O3. The topological polar surface area (TPSA) is 58.6 Å². The summed E-state index contributed by atoms with van der Waals surface area (Å²) in [4.78, 5) is 26.0. The summed E-state index contributed by atoms with van der Waals surface area (Å²) in [5.74, 6) is -0.204. The number of benzene rings is 1. The van der Waals surface area contributed by atoms with E-state index in [2.05, 4.69) is 5.32 Å². The Kier molecular flexibility index (Phi) is 3.22. The molecule has 3 rings (SSSR count). The van der Waals surface area contributed by atoms with E-state index in [1.807, 2.05) is 30.3 Å². The minimum atomic E-state index is -0.975. The number of rotatable bonds is 3. The van der Waals surface area contributed by atoms with Crippen molar-refractivity contribution in [3.8, 4) is 0 Å². The molecular weight excluding hydrogens is 256 g/mol. The van der Waals surface area contributed by atoms with Crippen molar-refractivity contribution < 1.29 is 14.3 Å². The lowest BCUT2D eigenvalue weighted by Crippen LogP contribution is -2.41. The fraction of sp³-hybridized carbons (Fsp3) is 0.467. The van der Waals surface area contributed by atoms with Crippen molar-refractivity contribution in [2.24, 2.45) is 0 Å². The molecule has 0 unspecified atom stereocenters. The zero-order valence-electron chi connectivity index (χ0n) is 11.5. The first-order valence-corrected chi connectivity index (χ1v) is 6.92. The monoisotopic (exact) mass is 274 g/mol. The van der Waals surface area contributed by atoms with Crippen LogP contribution < -0.4 is 5.32 Å². The first-order chi connectivity index (χ1) is 9.61. The van der Waals surface area contributed by atoms with E-state index in [1.54, 1.807) is 6.92 Å². The number of hydrogen-bond acceptors (Lipinski definition) is 3. The standard InChI is InChI=1S/C15H18N2O3/c1-15(11-6-3-2-4-7-11)13(18)17(14(19)16-15)10-12-8-5-9-20-12/h2-4,6-7,12H,5,8-10H2,1H3,(H,16,19)/t12-,15-/m0/s1. The molecule has 2 aliphatic heterocycles. The molecule has 2 fully saturated rings. The first kappa shape index (κ1) is 13.1. The largest absolute Gasteiger partial charge is 0.376 e. The highest BCUT2D eigenvalue weighted by molar-refractivity contribution is 6.07. The van der Waals surface area contributed by atoms with Crippen LogP contribution in [0.5, 0.6) is 0 Å². The van der Waals surface area contributed by atoms with Crippen molar-refractivity contribution in [3.05, 3.63) is 35.9 Å². The van der Waals surface area contributed by atoms with Crippen molar-refractivity contribution >= 4 is 11.9 Å². The maximum absolute atomic E-state index is 12.6. The van der Waals surface area contributed by atoms with Crippen LogP contribution in [0.1, 0.15) is 25.3 Å². The van der Waals surface area contributed by atoms with Crippen molar-refractivity contribution in [3.63, 3.8) is 0 Å². The fourth-order valence-corrected chi connectivity index (χ4v) is 2.82. The Bertz CT molecular complexity index is 525. The third-order valence-electron chi connectivity index (χ3n) is 4.04. The summed E-state index contributed by atoms with van der Waals surface area (Å²) >= 11 is 0. The fourth-order valence-electron chi connectivity index (χ4n) is 2.82. The van der Waals surface area contributed by atoms with Crippen LogP contribution in [-0.4, -0.2) is 36.1 Å². The average Bonchev–Trinajstić information content (AvgIpc) is 3.04. The van der Waals surface area contributed by atoms with Crippen LogP contribution in [0.15, 0.2) is 30.3 Å². The number of amides is 3. The molecule has 0 aromatic heterocycles. The van der Waals surface area contributed by atoms with E-state index in [-0.39, 0.29) is 18.0 Å². The summed E-state index contributed by atoms with van der Waals surface area (Å²) in [6, 6.07) is 8.99. The van der Waals surface area contributed by atoms with Gasteiger partial charge in [-0.2, -0.15) is 0 Å². The molecule has 0 radical (unpaired) electrons. The van der Waals surface area contributed by atoms with Crippen LogP contribution in [0.4, 0.5) is 4.79 Å². The summed E-state index contributed by atoms with van der Waals surface area (Å²) in [5, 5.41) is 2.80. The molecule has 0 saturated carbocycles. The van der Waals surface area contributed by atoms with Gasteiger partial charge in [-0.25, -0.2) is 4.79 Å². The van der Waals surface area contributed by atoms with Gasteiger partial charge < -0.3 is 10.1 Å². The molecule has 0 aliphatic carbocycles. The molecule has 2 atom stereocenters. The Hall–Kier alpha value is -1.88. The molecule has 20 heavy (non-hydrogen) atoms. The minimum Gasteiger partial charge on any atom is -0.376 e. The molecule has 5 heteroatoms. The number of hydrogen-bond donors (Lipinski definition) is 1. The molecule has 2 aliphatic rings. The smallest absolute Gasteiger partial charge is 0.325 e. The van der Waals surface area contributed by atoms with E-state index in [0.29, 0.717) is 13.2 Å². The summed E-state index contributed by atoms with van der Waals surface area (Å²) in [6.07, 6.45) is 1.87. The molecule has 1 aromatic carbocycles. The van der Waals surface area contributed by atoms with Crippen LogP contribution in [0.25, 0.3) is 0 Å². The summed E-state index contributed by atoms with van der Waals surface area (Å²) in [7, 11) is 0. The number of carbonyl (C=O) groups is 2. The molecule has 3 amide bonds. The van der Waals surface area contributed by atoms with Gasteiger partial charge in [-0.15, -0.1) is 0 Å². The molecule has 1 aromatic rings. The second kappa shape index (κ2) is 4.90. The zero-order chi connectivity index (χ0) is 14.2. The van der Waals surface area contributed by atoms with E-state index >= 15 is 0 Å². The Morgan fingerprint density at radius 2 is 2.10 bits per heavy atom. The van der Waals surface area contributed by atoms with Crippen molar-refractivity contribution in [1.82, 2.24) is 10.2 Å². The quantitative estimate of drug-likeness (QED) is 0.852. The summed E-state index contributed by atoms with van der Waals surface area (Å²) in [5.41, 5.74) is -0.176. The lowest BCUT2D eigenvalue weighted by Gasteiger charge is -2.23.